The number of furan rings is 1. The van der Waals surface area contributed by atoms with Gasteiger partial charge in [-0.25, -0.2) is 9.78 Å². The highest BCUT2D eigenvalue weighted by atomic mass is 16.3. The predicted molar refractivity (Wildman–Crippen MR) is 82.6 cm³/mol. The number of aryl methyl sites for hydroxylation is 1. The van der Waals surface area contributed by atoms with Crippen LogP contribution in [0.25, 0.3) is 11.1 Å². The molecule has 0 radical (unpaired) electrons. The van der Waals surface area contributed by atoms with E-state index in [1.807, 2.05) is 25.1 Å². The largest absolute Gasteiger partial charge is 0.472 e. The first kappa shape index (κ1) is 14.2. The van der Waals surface area contributed by atoms with E-state index in [0.29, 0.717) is 30.3 Å². The predicted octanol–water partition coefficient (Wildman–Crippen LogP) is 3.78. The van der Waals surface area contributed by atoms with Crippen LogP contribution in [-0.4, -0.2) is 22.5 Å². The summed E-state index contributed by atoms with van der Waals surface area (Å²) in [5.74, 6) is 0.605. The summed E-state index contributed by atoms with van der Waals surface area (Å²) in [6.45, 7) is 4.83. The van der Waals surface area contributed by atoms with E-state index in [1.165, 1.54) is 0 Å². The van der Waals surface area contributed by atoms with E-state index in [-0.39, 0.29) is 6.03 Å². The number of carbonyl (C=O) groups excluding carboxylic acids is 1. The summed E-state index contributed by atoms with van der Waals surface area (Å²) in [6.07, 6.45) is 3.24. The van der Waals surface area contributed by atoms with Gasteiger partial charge in [-0.2, -0.15) is 0 Å². The van der Waals surface area contributed by atoms with Gasteiger partial charge in [-0.15, -0.1) is 0 Å². The van der Waals surface area contributed by atoms with Gasteiger partial charge in [0.15, 0.2) is 11.5 Å². The lowest BCUT2D eigenvalue weighted by Gasteiger charge is -2.20. The van der Waals surface area contributed by atoms with Crippen molar-refractivity contribution in [3.05, 3.63) is 48.2 Å². The van der Waals surface area contributed by atoms with Crippen LogP contribution in [0.15, 0.2) is 45.6 Å². The van der Waals surface area contributed by atoms with Crippen molar-refractivity contribution in [1.29, 1.82) is 0 Å². The molecule has 0 fully saturated rings. The molecule has 3 aromatic rings. The van der Waals surface area contributed by atoms with Crippen LogP contribution in [0.1, 0.15) is 18.4 Å². The molecule has 6 heteroatoms. The molecule has 2 heterocycles. The van der Waals surface area contributed by atoms with Crippen LogP contribution < -0.4 is 5.32 Å². The molecule has 0 saturated heterocycles. The summed E-state index contributed by atoms with van der Waals surface area (Å²) >= 11 is 0. The first-order chi connectivity index (χ1) is 10.7. The number of hydrogen-bond acceptors (Lipinski definition) is 4. The zero-order valence-electron chi connectivity index (χ0n) is 12.5. The molecule has 0 aliphatic heterocycles. The van der Waals surface area contributed by atoms with Crippen molar-refractivity contribution in [3.8, 4) is 0 Å². The van der Waals surface area contributed by atoms with E-state index in [0.717, 1.165) is 11.1 Å². The summed E-state index contributed by atoms with van der Waals surface area (Å²) in [4.78, 5) is 18.3. The van der Waals surface area contributed by atoms with Crippen LogP contribution in [0.3, 0.4) is 0 Å². The Bertz CT molecular complexity index is 777. The number of urea groups is 1. The van der Waals surface area contributed by atoms with E-state index in [2.05, 4.69) is 10.3 Å². The molecule has 3 rings (SSSR count). The molecule has 0 atom stereocenters. The Hall–Kier alpha value is -2.76. The molecule has 0 spiro atoms. The first-order valence-electron chi connectivity index (χ1n) is 7.10. The van der Waals surface area contributed by atoms with Gasteiger partial charge in [-0.05, 0) is 25.1 Å². The second kappa shape index (κ2) is 5.93. The lowest BCUT2D eigenvalue weighted by atomic mass is 10.3. The van der Waals surface area contributed by atoms with Crippen molar-refractivity contribution < 1.29 is 13.6 Å². The summed E-state index contributed by atoms with van der Waals surface area (Å²) in [5.41, 5.74) is 3.08. The van der Waals surface area contributed by atoms with Gasteiger partial charge in [0.05, 0.1) is 19.1 Å². The Morgan fingerprint density at radius 3 is 2.95 bits per heavy atom. The summed E-state index contributed by atoms with van der Waals surface area (Å²) < 4.78 is 10.5. The fourth-order valence-corrected chi connectivity index (χ4v) is 2.25. The van der Waals surface area contributed by atoms with Gasteiger partial charge in [-0.1, -0.05) is 0 Å². The third-order valence-corrected chi connectivity index (χ3v) is 3.37. The van der Waals surface area contributed by atoms with Crippen LogP contribution in [-0.2, 0) is 6.54 Å². The molecule has 0 unspecified atom stereocenters. The fourth-order valence-electron chi connectivity index (χ4n) is 2.25. The number of oxazole rings is 1. The highest BCUT2D eigenvalue weighted by Crippen LogP contribution is 2.20. The highest BCUT2D eigenvalue weighted by molar-refractivity contribution is 5.91. The number of rotatable bonds is 4. The number of benzene rings is 1. The van der Waals surface area contributed by atoms with Gasteiger partial charge < -0.3 is 19.1 Å². The van der Waals surface area contributed by atoms with E-state index in [1.54, 1.807) is 30.4 Å². The molecule has 6 nitrogen and oxygen atoms in total. The Labute approximate surface area is 127 Å². The molecule has 2 amide bonds. The molecule has 114 valence electrons. The van der Waals surface area contributed by atoms with Gasteiger partial charge in [0, 0.05) is 30.8 Å². The van der Waals surface area contributed by atoms with Crippen molar-refractivity contribution in [2.45, 2.75) is 20.4 Å². The maximum absolute atomic E-state index is 12.3. The Morgan fingerprint density at radius 2 is 2.23 bits per heavy atom. The summed E-state index contributed by atoms with van der Waals surface area (Å²) in [5, 5.41) is 2.88. The third kappa shape index (κ3) is 2.95. The quantitative estimate of drug-likeness (QED) is 0.795. The topological polar surface area (TPSA) is 71.5 Å². The molecular formula is C16H17N3O3. The van der Waals surface area contributed by atoms with Crippen molar-refractivity contribution >= 4 is 22.8 Å². The lowest BCUT2D eigenvalue weighted by molar-refractivity contribution is 0.212. The van der Waals surface area contributed by atoms with Crippen LogP contribution in [0, 0.1) is 6.92 Å². The van der Waals surface area contributed by atoms with E-state index in [9.17, 15) is 4.79 Å². The molecule has 0 bridgehead atoms. The molecule has 22 heavy (non-hydrogen) atoms. The Balaban J connectivity index is 1.73. The normalized spacial score (nSPS) is 10.8. The van der Waals surface area contributed by atoms with Gasteiger partial charge in [-0.3, -0.25) is 0 Å². The number of fused-ring (bicyclic) bond motifs is 1. The molecule has 2 aromatic heterocycles. The van der Waals surface area contributed by atoms with Gasteiger partial charge >= 0.3 is 6.03 Å². The van der Waals surface area contributed by atoms with E-state index >= 15 is 0 Å². The summed E-state index contributed by atoms with van der Waals surface area (Å²) in [6, 6.07) is 7.10. The maximum Gasteiger partial charge on any atom is 0.322 e. The number of carbonyl (C=O) groups is 1. The first-order valence-corrected chi connectivity index (χ1v) is 7.10. The van der Waals surface area contributed by atoms with Gasteiger partial charge in [0.2, 0.25) is 0 Å². The van der Waals surface area contributed by atoms with E-state index in [4.69, 9.17) is 8.83 Å². The monoisotopic (exact) mass is 299 g/mol. The van der Waals surface area contributed by atoms with Crippen LogP contribution in [0.5, 0.6) is 0 Å². The zero-order chi connectivity index (χ0) is 15.5. The van der Waals surface area contributed by atoms with Crippen LogP contribution >= 0.6 is 0 Å². The van der Waals surface area contributed by atoms with Gasteiger partial charge in [0.1, 0.15) is 5.52 Å². The number of anilines is 1. The second-order valence-corrected chi connectivity index (χ2v) is 4.99. The molecule has 0 aliphatic rings. The average molecular weight is 299 g/mol. The Morgan fingerprint density at radius 1 is 1.36 bits per heavy atom. The van der Waals surface area contributed by atoms with Crippen molar-refractivity contribution in [1.82, 2.24) is 9.88 Å². The van der Waals surface area contributed by atoms with Crippen molar-refractivity contribution in [2.24, 2.45) is 0 Å². The molecule has 0 saturated carbocycles. The zero-order valence-corrected chi connectivity index (χ0v) is 12.5. The van der Waals surface area contributed by atoms with Gasteiger partial charge in [0.25, 0.3) is 0 Å². The molecule has 0 aliphatic carbocycles. The van der Waals surface area contributed by atoms with Crippen LogP contribution in [0.2, 0.25) is 0 Å². The minimum Gasteiger partial charge on any atom is -0.472 e. The number of amides is 2. The minimum absolute atomic E-state index is 0.167. The summed E-state index contributed by atoms with van der Waals surface area (Å²) in [7, 11) is 0. The average Bonchev–Trinajstić information content (AvgIpc) is 3.12. The maximum atomic E-state index is 12.3. The highest BCUT2D eigenvalue weighted by Gasteiger charge is 2.13. The lowest BCUT2D eigenvalue weighted by Crippen LogP contribution is -2.34. The third-order valence-electron chi connectivity index (χ3n) is 3.37. The smallest absolute Gasteiger partial charge is 0.322 e. The standard InChI is InChI=1S/C16H17N3O3/c1-3-19(9-12-6-7-21-10-12)16(20)18-13-4-5-14-15(8-13)22-11(2)17-14/h4-8,10H,3,9H2,1-2H3,(H,18,20). The molecule has 1 aromatic carbocycles. The van der Waals surface area contributed by atoms with Crippen molar-refractivity contribution in [3.63, 3.8) is 0 Å². The SMILES string of the molecule is CCN(Cc1ccoc1)C(=O)Nc1ccc2nc(C)oc2c1. The number of aromatic nitrogens is 1. The second-order valence-electron chi connectivity index (χ2n) is 4.99. The van der Waals surface area contributed by atoms with Crippen molar-refractivity contribution in [2.75, 3.05) is 11.9 Å². The van der Waals surface area contributed by atoms with Crippen LogP contribution in [0.4, 0.5) is 10.5 Å². The number of nitrogens with zero attached hydrogens (tertiary/aromatic N) is 2. The number of nitrogens with one attached hydrogen (secondary N) is 1. The minimum atomic E-state index is -0.167. The molecule has 1 N–H and O–H groups in total. The molecular weight excluding hydrogens is 282 g/mol. The number of hydrogen-bond donors (Lipinski definition) is 1. The fraction of sp³-hybridized carbons (Fsp3) is 0.250. The Kier molecular flexibility index (Phi) is 3.82. The van der Waals surface area contributed by atoms with E-state index < -0.39 is 0 Å².